The van der Waals surface area contributed by atoms with Crippen LogP contribution in [0.5, 0.6) is 0 Å². The van der Waals surface area contributed by atoms with Crippen LogP contribution in [0.1, 0.15) is 48.0 Å². The van der Waals surface area contributed by atoms with E-state index in [2.05, 4.69) is 4.90 Å². The minimum Gasteiger partial charge on any atom is -0.398 e. The summed E-state index contributed by atoms with van der Waals surface area (Å²) < 4.78 is 0. The zero-order chi connectivity index (χ0) is 14.8. The van der Waals surface area contributed by atoms with Crippen molar-refractivity contribution in [3.8, 4) is 0 Å². The molecule has 3 rings (SSSR count). The highest BCUT2D eigenvalue weighted by Gasteiger charge is 2.31. The molecule has 1 heterocycles. The summed E-state index contributed by atoms with van der Waals surface area (Å²) >= 11 is 0. The topological polar surface area (TPSA) is 72.4 Å². The van der Waals surface area contributed by atoms with Crippen LogP contribution in [0, 0.1) is 11.8 Å². The number of hydrogen-bond donors (Lipinski definition) is 2. The Bertz CT molecular complexity index is 529. The maximum atomic E-state index is 11.2. The molecular weight excluding hydrogens is 262 g/mol. The second-order valence-corrected chi connectivity index (χ2v) is 6.61. The van der Waals surface area contributed by atoms with Crippen molar-refractivity contribution in [2.45, 2.75) is 38.6 Å². The molecule has 4 N–H and O–H groups in total. The van der Waals surface area contributed by atoms with Crippen molar-refractivity contribution in [1.82, 2.24) is 4.90 Å². The van der Waals surface area contributed by atoms with Crippen molar-refractivity contribution < 1.29 is 4.79 Å². The van der Waals surface area contributed by atoms with Crippen molar-refractivity contribution in [1.29, 1.82) is 0 Å². The molecule has 2 unspecified atom stereocenters. The molecule has 1 aromatic rings. The Labute approximate surface area is 126 Å². The van der Waals surface area contributed by atoms with Crippen LogP contribution in [-0.2, 0) is 6.54 Å². The lowest BCUT2D eigenvalue weighted by Crippen LogP contribution is -2.41. The number of nitrogens with zero attached hydrogens (tertiary/aromatic N) is 1. The molecule has 1 aliphatic carbocycles. The van der Waals surface area contributed by atoms with E-state index in [-0.39, 0.29) is 0 Å². The van der Waals surface area contributed by atoms with Gasteiger partial charge in [-0.15, -0.1) is 0 Å². The first-order valence-electron chi connectivity index (χ1n) is 8.04. The van der Waals surface area contributed by atoms with Gasteiger partial charge in [-0.3, -0.25) is 9.69 Å². The molecule has 21 heavy (non-hydrogen) atoms. The molecule has 114 valence electrons. The number of amides is 1. The number of primary amides is 1. The van der Waals surface area contributed by atoms with Crippen LogP contribution >= 0.6 is 0 Å². The highest BCUT2D eigenvalue weighted by Crippen LogP contribution is 2.36. The van der Waals surface area contributed by atoms with E-state index in [1.807, 2.05) is 6.07 Å². The third-order valence-corrected chi connectivity index (χ3v) is 5.20. The van der Waals surface area contributed by atoms with Crippen molar-refractivity contribution in [2.75, 3.05) is 18.8 Å². The smallest absolute Gasteiger partial charge is 0.248 e. The van der Waals surface area contributed by atoms with E-state index in [9.17, 15) is 4.79 Å². The van der Waals surface area contributed by atoms with Crippen LogP contribution in [0.15, 0.2) is 18.2 Å². The predicted molar refractivity (Wildman–Crippen MR) is 84.7 cm³/mol. The number of nitrogens with two attached hydrogens (primary N) is 2. The molecule has 4 heteroatoms. The second kappa shape index (κ2) is 6.06. The molecule has 1 saturated heterocycles. The van der Waals surface area contributed by atoms with Gasteiger partial charge in [-0.05, 0) is 48.9 Å². The number of fused-ring (bicyclic) bond motifs is 1. The van der Waals surface area contributed by atoms with Crippen LogP contribution in [0.2, 0.25) is 0 Å². The predicted octanol–water partition coefficient (Wildman–Crippen LogP) is 2.38. The molecule has 0 spiro atoms. The van der Waals surface area contributed by atoms with Gasteiger partial charge in [0.1, 0.15) is 0 Å². The van der Waals surface area contributed by atoms with Gasteiger partial charge in [0.2, 0.25) is 5.91 Å². The molecule has 2 fully saturated rings. The number of piperidine rings is 1. The maximum absolute atomic E-state index is 11.2. The van der Waals surface area contributed by atoms with Gasteiger partial charge in [-0.25, -0.2) is 0 Å². The first-order chi connectivity index (χ1) is 10.1. The Morgan fingerprint density at radius 1 is 1.19 bits per heavy atom. The number of benzene rings is 1. The van der Waals surface area contributed by atoms with Crippen LogP contribution in [-0.4, -0.2) is 23.9 Å². The van der Waals surface area contributed by atoms with Crippen molar-refractivity contribution in [3.05, 3.63) is 29.3 Å². The van der Waals surface area contributed by atoms with E-state index < -0.39 is 5.91 Å². The first kappa shape index (κ1) is 14.4. The summed E-state index contributed by atoms with van der Waals surface area (Å²) in [6.07, 6.45) is 6.95. The van der Waals surface area contributed by atoms with E-state index in [0.29, 0.717) is 11.3 Å². The molecule has 1 saturated carbocycles. The number of carbonyl (C=O) groups is 1. The van der Waals surface area contributed by atoms with Gasteiger partial charge in [0.15, 0.2) is 0 Å². The Morgan fingerprint density at radius 2 is 1.95 bits per heavy atom. The summed E-state index contributed by atoms with van der Waals surface area (Å²) in [6, 6.07) is 5.43. The van der Waals surface area contributed by atoms with Gasteiger partial charge in [0, 0.05) is 24.3 Å². The fourth-order valence-corrected chi connectivity index (χ4v) is 3.95. The highest BCUT2D eigenvalue weighted by molar-refractivity contribution is 5.93. The second-order valence-electron chi connectivity index (χ2n) is 6.61. The number of anilines is 1. The number of nitrogen functional groups attached to an aromatic ring is 1. The lowest BCUT2D eigenvalue weighted by molar-refractivity contribution is 0.0822. The fourth-order valence-electron chi connectivity index (χ4n) is 3.95. The van der Waals surface area contributed by atoms with E-state index in [1.165, 1.54) is 38.6 Å². The van der Waals surface area contributed by atoms with Crippen LogP contribution in [0.25, 0.3) is 0 Å². The summed E-state index contributed by atoms with van der Waals surface area (Å²) in [7, 11) is 0. The summed E-state index contributed by atoms with van der Waals surface area (Å²) in [4.78, 5) is 13.7. The monoisotopic (exact) mass is 287 g/mol. The maximum Gasteiger partial charge on any atom is 0.248 e. The van der Waals surface area contributed by atoms with E-state index in [0.717, 1.165) is 30.5 Å². The van der Waals surface area contributed by atoms with Crippen LogP contribution in [0.3, 0.4) is 0 Å². The molecule has 1 aromatic carbocycles. The van der Waals surface area contributed by atoms with Crippen molar-refractivity contribution in [2.24, 2.45) is 17.6 Å². The lowest BCUT2D eigenvalue weighted by atomic mass is 9.75. The Balaban J connectivity index is 1.65. The quantitative estimate of drug-likeness (QED) is 0.838. The van der Waals surface area contributed by atoms with Gasteiger partial charge >= 0.3 is 0 Å². The normalized spacial score (nSPS) is 26.3. The Morgan fingerprint density at radius 3 is 2.67 bits per heavy atom. The summed E-state index contributed by atoms with van der Waals surface area (Å²) in [5.41, 5.74) is 13.6. The number of hydrogen-bond acceptors (Lipinski definition) is 3. The molecule has 0 aromatic heterocycles. The standard InChI is InChI=1S/C17H25N3O/c18-16-9-13(17(19)21)5-6-15(16)11-20-8-7-12-3-1-2-4-14(12)10-20/h5-6,9,12,14H,1-4,7-8,10-11,18H2,(H2,19,21). The molecular formula is C17H25N3O. The van der Waals surface area contributed by atoms with E-state index in [1.54, 1.807) is 12.1 Å². The van der Waals surface area contributed by atoms with Gasteiger partial charge in [0.05, 0.1) is 0 Å². The van der Waals surface area contributed by atoms with Crippen LogP contribution < -0.4 is 11.5 Å². The van der Waals surface area contributed by atoms with Gasteiger partial charge in [-0.2, -0.15) is 0 Å². The van der Waals surface area contributed by atoms with Crippen molar-refractivity contribution >= 4 is 11.6 Å². The summed E-state index contributed by atoms with van der Waals surface area (Å²) in [5.74, 6) is 1.40. The molecule has 1 amide bonds. The summed E-state index contributed by atoms with van der Waals surface area (Å²) in [6.45, 7) is 3.24. The SMILES string of the molecule is NC(=O)c1ccc(CN2CCC3CCCCC3C2)c(N)c1. The summed E-state index contributed by atoms with van der Waals surface area (Å²) in [5, 5.41) is 0. The number of likely N-dealkylation sites (tertiary alicyclic amines) is 1. The van der Waals surface area contributed by atoms with Gasteiger partial charge < -0.3 is 11.5 Å². The highest BCUT2D eigenvalue weighted by atomic mass is 16.1. The van der Waals surface area contributed by atoms with E-state index in [4.69, 9.17) is 11.5 Å². The molecule has 2 atom stereocenters. The Hall–Kier alpha value is -1.55. The van der Waals surface area contributed by atoms with Gasteiger partial charge in [-0.1, -0.05) is 25.3 Å². The van der Waals surface area contributed by atoms with E-state index >= 15 is 0 Å². The third-order valence-electron chi connectivity index (χ3n) is 5.20. The average Bonchev–Trinajstić information content (AvgIpc) is 2.49. The minimum atomic E-state index is -0.420. The zero-order valence-corrected chi connectivity index (χ0v) is 12.6. The van der Waals surface area contributed by atoms with Gasteiger partial charge in [0.25, 0.3) is 0 Å². The molecule has 0 radical (unpaired) electrons. The Kier molecular flexibility index (Phi) is 4.15. The number of carbonyl (C=O) groups excluding carboxylic acids is 1. The third kappa shape index (κ3) is 3.21. The van der Waals surface area contributed by atoms with Crippen molar-refractivity contribution in [3.63, 3.8) is 0 Å². The number of rotatable bonds is 3. The molecule has 0 bridgehead atoms. The largest absolute Gasteiger partial charge is 0.398 e. The minimum absolute atomic E-state index is 0.420. The lowest BCUT2D eigenvalue weighted by Gasteiger charge is -2.41. The molecule has 1 aliphatic heterocycles. The average molecular weight is 287 g/mol. The zero-order valence-electron chi connectivity index (χ0n) is 12.6. The molecule has 2 aliphatic rings. The van der Waals surface area contributed by atoms with Crippen LogP contribution in [0.4, 0.5) is 5.69 Å². The fraction of sp³-hybridized carbons (Fsp3) is 0.588. The first-order valence-corrected chi connectivity index (χ1v) is 8.04. The molecule has 4 nitrogen and oxygen atoms in total.